The van der Waals surface area contributed by atoms with Crippen LogP contribution < -0.4 is 5.32 Å². The highest BCUT2D eigenvalue weighted by atomic mass is 79.9. The van der Waals surface area contributed by atoms with E-state index in [0.29, 0.717) is 12.6 Å². The van der Waals surface area contributed by atoms with Crippen LogP contribution in [-0.2, 0) is 11.3 Å². The maximum absolute atomic E-state index is 5.68. The van der Waals surface area contributed by atoms with Crippen LogP contribution in [0.5, 0.6) is 0 Å². The molecule has 0 amide bonds. The molecule has 1 heterocycles. The molecule has 1 aliphatic rings. The van der Waals surface area contributed by atoms with Crippen LogP contribution in [0.4, 0.5) is 0 Å². The molecule has 1 saturated heterocycles. The maximum Gasteiger partial charge on any atom is 0.0718 e. The lowest BCUT2D eigenvalue weighted by Gasteiger charge is -2.10. The molecule has 0 unspecified atom stereocenters. The van der Waals surface area contributed by atoms with E-state index in [1.54, 1.807) is 0 Å². The van der Waals surface area contributed by atoms with Crippen molar-refractivity contribution in [3.8, 4) is 0 Å². The molecule has 1 aromatic rings. The van der Waals surface area contributed by atoms with E-state index in [-0.39, 0.29) is 0 Å². The van der Waals surface area contributed by atoms with Gasteiger partial charge in [0.15, 0.2) is 0 Å². The van der Waals surface area contributed by atoms with Crippen molar-refractivity contribution in [3.63, 3.8) is 0 Å². The zero-order chi connectivity index (χ0) is 10.5. The van der Waals surface area contributed by atoms with Crippen LogP contribution >= 0.6 is 15.9 Å². The zero-order valence-electron chi connectivity index (χ0n) is 8.71. The van der Waals surface area contributed by atoms with Crippen molar-refractivity contribution < 1.29 is 4.74 Å². The largest absolute Gasteiger partial charge is 0.375 e. The summed E-state index contributed by atoms with van der Waals surface area (Å²) in [5.74, 6) is 0. The third-order valence-electron chi connectivity index (χ3n) is 2.64. The number of hydrogen-bond donors (Lipinski definition) is 1. The van der Waals surface area contributed by atoms with Gasteiger partial charge in [0.25, 0.3) is 0 Å². The predicted molar refractivity (Wildman–Crippen MR) is 64.8 cm³/mol. The second-order valence-corrected chi connectivity index (χ2v) is 4.85. The lowest BCUT2D eigenvalue weighted by atomic mass is 10.2. The SMILES string of the molecule is Brc1cccc(COC[C@@H]2CCCN2)c1. The van der Waals surface area contributed by atoms with E-state index in [1.807, 2.05) is 12.1 Å². The van der Waals surface area contributed by atoms with E-state index in [9.17, 15) is 0 Å². The summed E-state index contributed by atoms with van der Waals surface area (Å²) in [7, 11) is 0. The molecule has 0 aliphatic carbocycles. The summed E-state index contributed by atoms with van der Waals surface area (Å²) in [4.78, 5) is 0. The molecule has 0 radical (unpaired) electrons. The molecule has 3 heteroatoms. The first kappa shape index (κ1) is 11.1. The monoisotopic (exact) mass is 269 g/mol. The Morgan fingerprint density at radius 3 is 3.13 bits per heavy atom. The van der Waals surface area contributed by atoms with Crippen LogP contribution in [0.3, 0.4) is 0 Å². The molecule has 15 heavy (non-hydrogen) atoms. The molecule has 0 saturated carbocycles. The van der Waals surface area contributed by atoms with Gasteiger partial charge in [0.05, 0.1) is 13.2 Å². The van der Waals surface area contributed by atoms with Gasteiger partial charge in [0.2, 0.25) is 0 Å². The van der Waals surface area contributed by atoms with E-state index in [2.05, 4.69) is 33.4 Å². The molecular formula is C12H16BrNO. The highest BCUT2D eigenvalue weighted by Crippen LogP contribution is 2.13. The zero-order valence-corrected chi connectivity index (χ0v) is 10.3. The van der Waals surface area contributed by atoms with Crippen LogP contribution in [0.2, 0.25) is 0 Å². The number of rotatable bonds is 4. The lowest BCUT2D eigenvalue weighted by Crippen LogP contribution is -2.26. The van der Waals surface area contributed by atoms with Crippen molar-refractivity contribution in [2.45, 2.75) is 25.5 Å². The van der Waals surface area contributed by atoms with Gasteiger partial charge in [-0.2, -0.15) is 0 Å². The summed E-state index contributed by atoms with van der Waals surface area (Å²) in [6.07, 6.45) is 2.53. The highest BCUT2D eigenvalue weighted by molar-refractivity contribution is 9.10. The number of ether oxygens (including phenoxy) is 1. The number of halogens is 1. The predicted octanol–water partition coefficient (Wildman–Crippen LogP) is 2.72. The van der Waals surface area contributed by atoms with Crippen LogP contribution in [-0.4, -0.2) is 19.2 Å². The fourth-order valence-electron chi connectivity index (χ4n) is 1.84. The van der Waals surface area contributed by atoms with Crippen molar-refractivity contribution in [3.05, 3.63) is 34.3 Å². The third kappa shape index (κ3) is 3.59. The van der Waals surface area contributed by atoms with Gasteiger partial charge in [0.1, 0.15) is 0 Å². The molecule has 1 N–H and O–H groups in total. The quantitative estimate of drug-likeness (QED) is 0.908. The van der Waals surface area contributed by atoms with Crippen LogP contribution in [0.25, 0.3) is 0 Å². The van der Waals surface area contributed by atoms with Crippen molar-refractivity contribution in [1.29, 1.82) is 0 Å². The Bertz CT molecular complexity index is 310. The molecule has 0 spiro atoms. The summed E-state index contributed by atoms with van der Waals surface area (Å²) in [6.45, 7) is 2.68. The summed E-state index contributed by atoms with van der Waals surface area (Å²) in [6, 6.07) is 8.82. The van der Waals surface area contributed by atoms with E-state index in [0.717, 1.165) is 17.6 Å². The molecule has 82 valence electrons. The van der Waals surface area contributed by atoms with Gasteiger partial charge in [-0.05, 0) is 37.1 Å². The molecule has 1 fully saturated rings. The minimum absolute atomic E-state index is 0.567. The smallest absolute Gasteiger partial charge is 0.0718 e. The van der Waals surface area contributed by atoms with Gasteiger partial charge in [0, 0.05) is 10.5 Å². The molecule has 2 nitrogen and oxygen atoms in total. The Balaban J connectivity index is 1.73. The van der Waals surface area contributed by atoms with Crippen LogP contribution in [0, 0.1) is 0 Å². The molecule has 0 bridgehead atoms. The minimum Gasteiger partial charge on any atom is -0.375 e. The van der Waals surface area contributed by atoms with Crippen molar-refractivity contribution in [1.82, 2.24) is 5.32 Å². The standard InChI is InChI=1S/C12H16BrNO/c13-11-4-1-3-10(7-11)8-15-9-12-5-2-6-14-12/h1,3-4,7,12,14H,2,5-6,8-9H2/t12-/m0/s1. The Labute approximate surface area is 99.1 Å². The van der Waals surface area contributed by atoms with E-state index in [4.69, 9.17) is 4.74 Å². The highest BCUT2D eigenvalue weighted by Gasteiger charge is 2.13. The molecule has 2 rings (SSSR count). The fraction of sp³-hybridized carbons (Fsp3) is 0.500. The average Bonchev–Trinajstić information content (AvgIpc) is 2.71. The van der Waals surface area contributed by atoms with Gasteiger partial charge in [-0.3, -0.25) is 0 Å². The molecule has 0 aromatic heterocycles. The van der Waals surface area contributed by atoms with Gasteiger partial charge in [-0.25, -0.2) is 0 Å². The summed E-state index contributed by atoms with van der Waals surface area (Å²) in [5, 5.41) is 3.42. The number of nitrogens with one attached hydrogen (secondary N) is 1. The first-order chi connectivity index (χ1) is 7.34. The second kappa shape index (κ2) is 5.64. The second-order valence-electron chi connectivity index (χ2n) is 3.94. The summed E-state index contributed by atoms with van der Waals surface area (Å²) in [5.41, 5.74) is 1.22. The first-order valence-corrected chi connectivity index (χ1v) is 6.19. The Morgan fingerprint density at radius 2 is 2.40 bits per heavy atom. The first-order valence-electron chi connectivity index (χ1n) is 5.40. The van der Waals surface area contributed by atoms with Gasteiger partial charge >= 0.3 is 0 Å². The topological polar surface area (TPSA) is 21.3 Å². The van der Waals surface area contributed by atoms with Crippen molar-refractivity contribution in [2.24, 2.45) is 0 Å². The van der Waals surface area contributed by atoms with Gasteiger partial charge in [-0.1, -0.05) is 28.1 Å². The molecule has 1 atom stereocenters. The van der Waals surface area contributed by atoms with Gasteiger partial charge in [-0.15, -0.1) is 0 Å². The maximum atomic E-state index is 5.68. The van der Waals surface area contributed by atoms with Crippen LogP contribution in [0.15, 0.2) is 28.7 Å². The molecule has 1 aliphatic heterocycles. The normalized spacial score (nSPS) is 20.7. The third-order valence-corrected chi connectivity index (χ3v) is 3.13. The Kier molecular flexibility index (Phi) is 4.18. The van der Waals surface area contributed by atoms with E-state index < -0.39 is 0 Å². The van der Waals surface area contributed by atoms with Crippen molar-refractivity contribution in [2.75, 3.05) is 13.2 Å². The lowest BCUT2D eigenvalue weighted by molar-refractivity contribution is 0.103. The number of hydrogen-bond acceptors (Lipinski definition) is 2. The van der Waals surface area contributed by atoms with E-state index >= 15 is 0 Å². The van der Waals surface area contributed by atoms with Gasteiger partial charge < -0.3 is 10.1 Å². The summed E-state index contributed by atoms with van der Waals surface area (Å²) < 4.78 is 6.79. The Morgan fingerprint density at radius 1 is 1.47 bits per heavy atom. The molecular weight excluding hydrogens is 254 g/mol. The Hall–Kier alpha value is -0.380. The number of benzene rings is 1. The minimum atomic E-state index is 0.567. The van der Waals surface area contributed by atoms with Crippen molar-refractivity contribution >= 4 is 15.9 Å². The van der Waals surface area contributed by atoms with Crippen LogP contribution in [0.1, 0.15) is 18.4 Å². The molecule has 1 aromatic carbocycles. The summed E-state index contributed by atoms with van der Waals surface area (Å²) >= 11 is 3.45. The van der Waals surface area contributed by atoms with E-state index in [1.165, 1.54) is 18.4 Å². The average molecular weight is 270 g/mol. The fourth-order valence-corrected chi connectivity index (χ4v) is 2.29.